The molecule has 1 aliphatic rings. The fourth-order valence-corrected chi connectivity index (χ4v) is 3.38. The highest BCUT2D eigenvalue weighted by Gasteiger charge is 2.32. The number of benzene rings is 1. The van der Waals surface area contributed by atoms with Crippen LogP contribution in [0.3, 0.4) is 0 Å². The molecule has 1 saturated carbocycles. The summed E-state index contributed by atoms with van der Waals surface area (Å²) in [5, 5.41) is 5.68. The maximum atomic E-state index is 12.2. The zero-order valence-corrected chi connectivity index (χ0v) is 16.2. The van der Waals surface area contributed by atoms with Gasteiger partial charge in [-0.25, -0.2) is 0 Å². The van der Waals surface area contributed by atoms with E-state index in [1.165, 1.54) is 6.42 Å². The van der Waals surface area contributed by atoms with Crippen LogP contribution in [0.15, 0.2) is 24.3 Å². The number of carbonyl (C=O) groups excluding carboxylic acids is 2. The normalized spacial score (nSPS) is 15.5. The molecule has 2 rings (SSSR count). The van der Waals surface area contributed by atoms with Gasteiger partial charge in [0.2, 0.25) is 5.91 Å². The van der Waals surface area contributed by atoms with Crippen LogP contribution < -0.4 is 21.1 Å². The van der Waals surface area contributed by atoms with Crippen molar-refractivity contribution in [3.63, 3.8) is 0 Å². The third kappa shape index (κ3) is 6.50. The number of amides is 2. The van der Waals surface area contributed by atoms with Crippen LogP contribution in [0.4, 0.5) is 0 Å². The summed E-state index contributed by atoms with van der Waals surface area (Å²) in [4.78, 5) is 24.2. The summed E-state index contributed by atoms with van der Waals surface area (Å²) < 4.78 is 5.07. The number of hydrogen-bond donors (Lipinski definition) is 3. The number of ether oxygens (including phenoxy) is 1. The van der Waals surface area contributed by atoms with Crippen molar-refractivity contribution in [3.05, 3.63) is 29.8 Å². The summed E-state index contributed by atoms with van der Waals surface area (Å²) in [5.41, 5.74) is 6.45. The maximum absolute atomic E-state index is 12.2. The van der Waals surface area contributed by atoms with Crippen molar-refractivity contribution in [2.75, 3.05) is 26.7 Å². The summed E-state index contributed by atoms with van der Waals surface area (Å²) in [5.74, 6) is 0.564. The third-order valence-corrected chi connectivity index (χ3v) is 4.97. The number of carbonyl (C=O) groups is 2. The molecule has 4 N–H and O–H groups in total. The third-order valence-electron chi connectivity index (χ3n) is 4.97. The van der Waals surface area contributed by atoms with Gasteiger partial charge in [0, 0.05) is 25.1 Å². The average Bonchev–Trinajstić information content (AvgIpc) is 2.66. The monoisotopic (exact) mass is 383 g/mol. The number of nitrogens with one attached hydrogen (secondary N) is 2. The first-order valence-electron chi connectivity index (χ1n) is 8.98. The fraction of sp³-hybridized carbons (Fsp3) is 0.579. The minimum absolute atomic E-state index is 0. The predicted molar refractivity (Wildman–Crippen MR) is 105 cm³/mol. The molecule has 0 heterocycles. The fourth-order valence-electron chi connectivity index (χ4n) is 3.38. The van der Waals surface area contributed by atoms with E-state index < -0.39 is 0 Å². The van der Waals surface area contributed by atoms with Crippen molar-refractivity contribution in [2.24, 2.45) is 11.1 Å². The average molecular weight is 384 g/mol. The van der Waals surface area contributed by atoms with Gasteiger partial charge in [-0.1, -0.05) is 19.3 Å². The summed E-state index contributed by atoms with van der Waals surface area (Å²) in [7, 11) is 1.58. The maximum Gasteiger partial charge on any atom is 0.251 e. The van der Waals surface area contributed by atoms with E-state index in [2.05, 4.69) is 10.6 Å². The molecule has 146 valence electrons. The second-order valence-corrected chi connectivity index (χ2v) is 6.78. The van der Waals surface area contributed by atoms with E-state index in [0.717, 1.165) is 25.7 Å². The van der Waals surface area contributed by atoms with Gasteiger partial charge >= 0.3 is 0 Å². The molecule has 1 aliphatic carbocycles. The van der Waals surface area contributed by atoms with E-state index in [4.69, 9.17) is 10.5 Å². The molecule has 0 unspecified atom stereocenters. The molecule has 7 heteroatoms. The van der Waals surface area contributed by atoms with Gasteiger partial charge in [-0.3, -0.25) is 9.59 Å². The summed E-state index contributed by atoms with van der Waals surface area (Å²) in [6.45, 7) is 1.38. The molecular weight excluding hydrogens is 354 g/mol. The van der Waals surface area contributed by atoms with Crippen LogP contribution in [-0.4, -0.2) is 38.6 Å². The Hall–Kier alpha value is -1.79. The highest BCUT2D eigenvalue weighted by molar-refractivity contribution is 5.94. The van der Waals surface area contributed by atoms with Crippen LogP contribution in [0.25, 0.3) is 0 Å². The minimum atomic E-state index is -0.164. The molecule has 0 atom stereocenters. The van der Waals surface area contributed by atoms with Crippen molar-refractivity contribution >= 4 is 24.2 Å². The van der Waals surface area contributed by atoms with Gasteiger partial charge in [0.05, 0.1) is 7.11 Å². The van der Waals surface area contributed by atoms with Gasteiger partial charge in [0.25, 0.3) is 5.91 Å². The number of hydrogen-bond acceptors (Lipinski definition) is 4. The van der Waals surface area contributed by atoms with E-state index in [-0.39, 0.29) is 29.6 Å². The van der Waals surface area contributed by atoms with E-state index in [0.29, 0.717) is 37.4 Å². The topological polar surface area (TPSA) is 93.5 Å². The SMILES string of the molecule is COc1ccc(C(=O)NCCNC(=O)CC2(CN)CCCCC2)cc1.Cl. The molecule has 0 saturated heterocycles. The van der Waals surface area contributed by atoms with E-state index in [1.807, 2.05) is 0 Å². The Balaban J connectivity index is 0.00000338. The lowest BCUT2D eigenvalue weighted by Gasteiger charge is -2.35. The first-order valence-corrected chi connectivity index (χ1v) is 8.98. The van der Waals surface area contributed by atoms with Crippen LogP contribution in [0, 0.1) is 5.41 Å². The molecule has 0 aromatic heterocycles. The molecule has 0 bridgehead atoms. The Kier molecular flexibility index (Phi) is 9.44. The van der Waals surface area contributed by atoms with E-state index in [1.54, 1.807) is 31.4 Å². The number of halogens is 1. The van der Waals surface area contributed by atoms with Crippen LogP contribution in [0.2, 0.25) is 0 Å². The van der Waals surface area contributed by atoms with Crippen molar-refractivity contribution in [3.8, 4) is 5.75 Å². The smallest absolute Gasteiger partial charge is 0.251 e. The van der Waals surface area contributed by atoms with Crippen LogP contribution in [-0.2, 0) is 4.79 Å². The Morgan fingerprint density at radius 1 is 1.08 bits per heavy atom. The van der Waals surface area contributed by atoms with Gasteiger partial charge < -0.3 is 21.1 Å². The summed E-state index contributed by atoms with van der Waals surface area (Å²) in [6.07, 6.45) is 6.09. The Bertz CT molecular complexity index is 572. The standard InChI is InChI=1S/C19H29N3O3.ClH/c1-25-16-7-5-15(6-8-16)18(24)22-12-11-21-17(23)13-19(14-20)9-3-2-4-10-19;/h5-8H,2-4,9-14,20H2,1H3,(H,21,23)(H,22,24);1H. The van der Waals surface area contributed by atoms with Crippen LogP contribution in [0.5, 0.6) is 5.75 Å². The Morgan fingerprint density at radius 2 is 1.69 bits per heavy atom. The van der Waals surface area contributed by atoms with Crippen molar-refractivity contribution in [2.45, 2.75) is 38.5 Å². The summed E-state index contributed by atoms with van der Waals surface area (Å²) in [6, 6.07) is 6.90. The molecule has 0 radical (unpaired) electrons. The van der Waals surface area contributed by atoms with Gasteiger partial charge in [-0.05, 0) is 49.1 Å². The van der Waals surface area contributed by atoms with Gasteiger partial charge in [0.15, 0.2) is 0 Å². The zero-order chi connectivity index (χ0) is 18.1. The molecule has 2 amide bonds. The highest BCUT2D eigenvalue weighted by Crippen LogP contribution is 2.38. The zero-order valence-electron chi connectivity index (χ0n) is 15.4. The van der Waals surface area contributed by atoms with Crippen LogP contribution >= 0.6 is 12.4 Å². The lowest BCUT2D eigenvalue weighted by Crippen LogP contribution is -2.40. The molecular formula is C19H30ClN3O3. The first-order chi connectivity index (χ1) is 12.1. The van der Waals surface area contributed by atoms with Crippen LogP contribution in [0.1, 0.15) is 48.9 Å². The van der Waals surface area contributed by atoms with Gasteiger partial charge in [0.1, 0.15) is 5.75 Å². The molecule has 6 nitrogen and oxygen atoms in total. The predicted octanol–water partition coefficient (Wildman–Crippen LogP) is 2.26. The molecule has 1 fully saturated rings. The second kappa shape index (κ2) is 11.0. The number of rotatable bonds is 8. The van der Waals surface area contributed by atoms with Gasteiger partial charge in [-0.15, -0.1) is 12.4 Å². The highest BCUT2D eigenvalue weighted by atomic mass is 35.5. The second-order valence-electron chi connectivity index (χ2n) is 6.78. The minimum Gasteiger partial charge on any atom is -0.497 e. The number of methoxy groups -OCH3 is 1. The van der Waals surface area contributed by atoms with E-state index in [9.17, 15) is 9.59 Å². The Morgan fingerprint density at radius 3 is 2.27 bits per heavy atom. The molecule has 0 aliphatic heterocycles. The van der Waals surface area contributed by atoms with E-state index >= 15 is 0 Å². The Labute approximate surface area is 161 Å². The lowest BCUT2D eigenvalue weighted by atomic mass is 9.71. The molecule has 1 aromatic rings. The van der Waals surface area contributed by atoms with Crippen molar-refractivity contribution < 1.29 is 14.3 Å². The van der Waals surface area contributed by atoms with Crippen molar-refractivity contribution in [1.29, 1.82) is 0 Å². The number of nitrogens with two attached hydrogens (primary N) is 1. The molecule has 26 heavy (non-hydrogen) atoms. The lowest BCUT2D eigenvalue weighted by molar-refractivity contribution is -0.123. The largest absolute Gasteiger partial charge is 0.497 e. The molecule has 0 spiro atoms. The molecule has 1 aromatic carbocycles. The van der Waals surface area contributed by atoms with Gasteiger partial charge in [-0.2, -0.15) is 0 Å². The summed E-state index contributed by atoms with van der Waals surface area (Å²) >= 11 is 0. The quantitative estimate of drug-likeness (QED) is 0.600. The first kappa shape index (κ1) is 22.3. The van der Waals surface area contributed by atoms with Crippen molar-refractivity contribution in [1.82, 2.24) is 10.6 Å².